The standard InChI is InChI=1S/C23H26N2O3/c26-23(9-7-18-6-8-22-20(16-18)10-13-28-22)24-21(19-4-2-1-3-5-19)17-25-11-14-27-15-12-25/h1-9,16,21H,10-15,17H2,(H,24,26)/b9-7+. The van der Waals surface area contributed by atoms with Gasteiger partial charge in [0.1, 0.15) is 5.75 Å². The molecule has 0 spiro atoms. The molecule has 2 aliphatic rings. The van der Waals surface area contributed by atoms with Gasteiger partial charge in [-0.2, -0.15) is 0 Å². The van der Waals surface area contributed by atoms with Crippen molar-refractivity contribution in [2.75, 3.05) is 39.5 Å². The average Bonchev–Trinajstić information content (AvgIpc) is 3.21. The van der Waals surface area contributed by atoms with Gasteiger partial charge in [-0.3, -0.25) is 9.69 Å². The molecule has 1 saturated heterocycles. The maximum absolute atomic E-state index is 12.6. The Kier molecular flexibility index (Phi) is 6.04. The molecule has 0 aromatic heterocycles. The molecule has 1 fully saturated rings. The molecule has 0 bridgehead atoms. The summed E-state index contributed by atoms with van der Waals surface area (Å²) in [6.45, 7) is 4.81. The quantitative estimate of drug-likeness (QED) is 0.786. The van der Waals surface area contributed by atoms with Crippen molar-refractivity contribution in [1.82, 2.24) is 10.2 Å². The minimum atomic E-state index is -0.0844. The maximum Gasteiger partial charge on any atom is 0.244 e. The molecule has 5 nitrogen and oxygen atoms in total. The van der Waals surface area contributed by atoms with Crippen molar-refractivity contribution in [3.05, 3.63) is 71.3 Å². The van der Waals surface area contributed by atoms with E-state index in [2.05, 4.69) is 28.4 Å². The molecule has 1 unspecified atom stereocenters. The number of nitrogens with zero attached hydrogens (tertiary/aromatic N) is 1. The van der Waals surface area contributed by atoms with Gasteiger partial charge in [-0.1, -0.05) is 36.4 Å². The molecule has 4 rings (SSSR count). The van der Waals surface area contributed by atoms with Gasteiger partial charge in [-0.05, 0) is 34.9 Å². The molecular weight excluding hydrogens is 352 g/mol. The van der Waals surface area contributed by atoms with Crippen LogP contribution in [0, 0.1) is 0 Å². The summed E-state index contributed by atoms with van der Waals surface area (Å²) in [5, 5.41) is 3.17. The number of benzene rings is 2. The molecule has 1 atom stereocenters. The molecule has 2 aliphatic heterocycles. The van der Waals surface area contributed by atoms with E-state index in [-0.39, 0.29) is 11.9 Å². The van der Waals surface area contributed by atoms with E-state index >= 15 is 0 Å². The number of nitrogens with one attached hydrogen (secondary N) is 1. The Labute approximate surface area is 165 Å². The predicted molar refractivity (Wildman–Crippen MR) is 109 cm³/mol. The Hall–Kier alpha value is -2.63. The molecule has 0 aliphatic carbocycles. The fourth-order valence-corrected chi connectivity index (χ4v) is 3.66. The van der Waals surface area contributed by atoms with Crippen LogP contribution in [0.1, 0.15) is 22.7 Å². The van der Waals surface area contributed by atoms with Gasteiger partial charge in [0, 0.05) is 32.1 Å². The topological polar surface area (TPSA) is 50.8 Å². The van der Waals surface area contributed by atoms with Gasteiger partial charge >= 0.3 is 0 Å². The summed E-state index contributed by atoms with van der Waals surface area (Å²) in [5.74, 6) is 0.870. The first kappa shape index (κ1) is 18.7. The van der Waals surface area contributed by atoms with Crippen molar-refractivity contribution < 1.29 is 14.3 Å². The average molecular weight is 378 g/mol. The van der Waals surface area contributed by atoms with Gasteiger partial charge in [-0.25, -0.2) is 0 Å². The molecule has 0 saturated carbocycles. The van der Waals surface area contributed by atoms with Crippen molar-refractivity contribution in [2.45, 2.75) is 12.5 Å². The van der Waals surface area contributed by atoms with Crippen LogP contribution in [0.3, 0.4) is 0 Å². The van der Waals surface area contributed by atoms with Crippen molar-refractivity contribution >= 4 is 12.0 Å². The SMILES string of the molecule is O=C(/C=C/c1ccc2c(c1)CCO2)NC(CN1CCOCC1)c1ccccc1. The predicted octanol–water partition coefficient (Wildman–Crippen LogP) is 2.82. The summed E-state index contributed by atoms with van der Waals surface area (Å²) in [5.41, 5.74) is 3.34. The first-order chi connectivity index (χ1) is 13.8. The van der Waals surface area contributed by atoms with E-state index in [1.807, 2.05) is 36.4 Å². The number of amides is 1. The minimum absolute atomic E-state index is 0.0510. The molecule has 2 heterocycles. The molecule has 2 aromatic rings. The molecule has 2 aromatic carbocycles. The van der Waals surface area contributed by atoms with Crippen LogP contribution in [0.25, 0.3) is 6.08 Å². The van der Waals surface area contributed by atoms with Crippen LogP contribution >= 0.6 is 0 Å². The number of carbonyl (C=O) groups is 1. The van der Waals surface area contributed by atoms with E-state index < -0.39 is 0 Å². The number of carbonyl (C=O) groups excluding carboxylic acids is 1. The Balaban J connectivity index is 1.42. The van der Waals surface area contributed by atoms with Gasteiger partial charge in [0.25, 0.3) is 0 Å². The number of hydrogen-bond acceptors (Lipinski definition) is 4. The Morgan fingerprint density at radius 1 is 1.11 bits per heavy atom. The highest BCUT2D eigenvalue weighted by Crippen LogP contribution is 2.26. The van der Waals surface area contributed by atoms with Crippen LogP contribution in [-0.4, -0.2) is 50.3 Å². The lowest BCUT2D eigenvalue weighted by atomic mass is 10.1. The third-order valence-corrected chi connectivity index (χ3v) is 5.20. The molecule has 0 radical (unpaired) electrons. The van der Waals surface area contributed by atoms with Crippen LogP contribution in [-0.2, 0) is 16.0 Å². The number of hydrogen-bond donors (Lipinski definition) is 1. The smallest absolute Gasteiger partial charge is 0.244 e. The zero-order chi connectivity index (χ0) is 19.2. The van der Waals surface area contributed by atoms with Crippen LogP contribution in [0.15, 0.2) is 54.6 Å². The Bertz CT molecular complexity index is 829. The highest BCUT2D eigenvalue weighted by atomic mass is 16.5. The van der Waals surface area contributed by atoms with E-state index in [1.165, 1.54) is 5.56 Å². The van der Waals surface area contributed by atoms with E-state index in [0.29, 0.717) is 0 Å². The van der Waals surface area contributed by atoms with E-state index in [4.69, 9.17) is 9.47 Å². The third kappa shape index (κ3) is 4.80. The fraction of sp³-hybridized carbons (Fsp3) is 0.348. The number of ether oxygens (including phenoxy) is 2. The highest BCUT2D eigenvalue weighted by Gasteiger charge is 2.19. The third-order valence-electron chi connectivity index (χ3n) is 5.20. The van der Waals surface area contributed by atoms with Crippen molar-refractivity contribution in [2.24, 2.45) is 0 Å². The second kappa shape index (κ2) is 9.04. The summed E-state index contributed by atoms with van der Waals surface area (Å²) in [7, 11) is 0. The van der Waals surface area contributed by atoms with Gasteiger partial charge in [0.15, 0.2) is 0 Å². The number of morpholine rings is 1. The van der Waals surface area contributed by atoms with Crippen molar-refractivity contribution in [1.29, 1.82) is 0 Å². The lowest BCUT2D eigenvalue weighted by molar-refractivity contribution is -0.117. The normalized spacial score (nSPS) is 17.9. The lowest BCUT2D eigenvalue weighted by Crippen LogP contribution is -2.42. The first-order valence-corrected chi connectivity index (χ1v) is 9.87. The molecule has 5 heteroatoms. The van der Waals surface area contributed by atoms with E-state index in [1.54, 1.807) is 6.08 Å². The summed E-state index contributed by atoms with van der Waals surface area (Å²) < 4.78 is 11.0. The van der Waals surface area contributed by atoms with Crippen LogP contribution < -0.4 is 10.1 Å². The van der Waals surface area contributed by atoms with Crippen LogP contribution in [0.4, 0.5) is 0 Å². The van der Waals surface area contributed by atoms with Crippen molar-refractivity contribution in [3.8, 4) is 5.75 Å². The number of rotatable bonds is 6. The molecular formula is C23H26N2O3. The monoisotopic (exact) mass is 378 g/mol. The summed E-state index contributed by atoms with van der Waals surface area (Å²) >= 11 is 0. The second-order valence-electron chi connectivity index (χ2n) is 7.18. The largest absolute Gasteiger partial charge is 0.493 e. The second-order valence-corrected chi connectivity index (χ2v) is 7.18. The maximum atomic E-state index is 12.6. The lowest BCUT2D eigenvalue weighted by Gasteiger charge is -2.31. The zero-order valence-electron chi connectivity index (χ0n) is 16.0. The Morgan fingerprint density at radius 3 is 2.75 bits per heavy atom. The van der Waals surface area contributed by atoms with Gasteiger partial charge in [0.05, 0.1) is 25.9 Å². The van der Waals surface area contributed by atoms with Gasteiger partial charge in [0.2, 0.25) is 5.91 Å². The minimum Gasteiger partial charge on any atom is -0.493 e. The summed E-state index contributed by atoms with van der Waals surface area (Å²) in [6.07, 6.45) is 4.41. The van der Waals surface area contributed by atoms with Crippen LogP contribution in [0.5, 0.6) is 5.75 Å². The van der Waals surface area contributed by atoms with E-state index in [9.17, 15) is 4.79 Å². The molecule has 28 heavy (non-hydrogen) atoms. The van der Waals surface area contributed by atoms with Gasteiger partial charge in [-0.15, -0.1) is 0 Å². The molecule has 1 N–H and O–H groups in total. The summed E-state index contributed by atoms with van der Waals surface area (Å²) in [6, 6.07) is 16.1. The van der Waals surface area contributed by atoms with E-state index in [0.717, 1.165) is 62.8 Å². The highest BCUT2D eigenvalue weighted by molar-refractivity contribution is 5.92. The van der Waals surface area contributed by atoms with Crippen LogP contribution in [0.2, 0.25) is 0 Å². The van der Waals surface area contributed by atoms with Gasteiger partial charge < -0.3 is 14.8 Å². The summed E-state index contributed by atoms with van der Waals surface area (Å²) in [4.78, 5) is 14.9. The number of fused-ring (bicyclic) bond motifs is 1. The molecule has 146 valence electrons. The first-order valence-electron chi connectivity index (χ1n) is 9.87. The molecule has 1 amide bonds. The fourth-order valence-electron chi connectivity index (χ4n) is 3.66. The Morgan fingerprint density at radius 2 is 1.93 bits per heavy atom. The van der Waals surface area contributed by atoms with Crippen molar-refractivity contribution in [3.63, 3.8) is 0 Å². The zero-order valence-corrected chi connectivity index (χ0v) is 16.0.